The molecule has 1 aliphatic heterocycles. The van der Waals surface area contributed by atoms with Gasteiger partial charge in [-0.05, 0) is 39.5 Å². The number of hydrogen-bond acceptors (Lipinski definition) is 2. The van der Waals surface area contributed by atoms with Crippen LogP contribution in [0.5, 0.6) is 0 Å². The lowest BCUT2D eigenvalue weighted by Crippen LogP contribution is -2.55. The number of hydrogen-bond donors (Lipinski definition) is 2. The van der Waals surface area contributed by atoms with E-state index < -0.39 is 12.0 Å². The fourth-order valence-corrected chi connectivity index (χ4v) is 2.59. The van der Waals surface area contributed by atoms with E-state index in [-0.39, 0.29) is 18.1 Å². The number of urea groups is 1. The van der Waals surface area contributed by atoms with Crippen LogP contribution in [0.4, 0.5) is 4.79 Å². The highest BCUT2D eigenvalue weighted by Gasteiger charge is 2.31. The van der Waals surface area contributed by atoms with Crippen molar-refractivity contribution < 1.29 is 14.7 Å². The highest BCUT2D eigenvalue weighted by Crippen LogP contribution is 2.22. The monoisotopic (exact) mass is 256 g/mol. The summed E-state index contributed by atoms with van der Waals surface area (Å²) in [4.78, 5) is 25.0. The van der Waals surface area contributed by atoms with Crippen LogP contribution in [0.2, 0.25) is 0 Å². The Morgan fingerprint density at radius 3 is 2.33 bits per heavy atom. The second-order valence-corrected chi connectivity index (χ2v) is 5.17. The Morgan fingerprint density at radius 2 is 1.89 bits per heavy atom. The number of carboxylic acid groups (broad SMARTS) is 1. The Balaban J connectivity index is 2.64. The van der Waals surface area contributed by atoms with E-state index in [1.165, 1.54) is 0 Å². The van der Waals surface area contributed by atoms with Crippen molar-refractivity contribution in [2.24, 2.45) is 0 Å². The molecule has 0 spiro atoms. The quantitative estimate of drug-likeness (QED) is 0.810. The van der Waals surface area contributed by atoms with Crippen molar-refractivity contribution in [3.63, 3.8) is 0 Å². The second kappa shape index (κ2) is 6.61. The summed E-state index contributed by atoms with van der Waals surface area (Å²) in [6.45, 7) is 5.95. The van der Waals surface area contributed by atoms with E-state index in [2.05, 4.69) is 5.32 Å². The molecule has 3 atom stereocenters. The maximum atomic E-state index is 12.2. The van der Waals surface area contributed by atoms with E-state index in [0.717, 1.165) is 25.7 Å². The van der Waals surface area contributed by atoms with E-state index >= 15 is 0 Å². The van der Waals surface area contributed by atoms with Crippen molar-refractivity contribution in [1.82, 2.24) is 10.2 Å². The Morgan fingerprint density at radius 1 is 1.33 bits per heavy atom. The van der Waals surface area contributed by atoms with Crippen molar-refractivity contribution in [3.05, 3.63) is 0 Å². The Hall–Kier alpha value is -1.26. The molecular formula is C13H24N2O3. The number of carbonyl (C=O) groups is 2. The second-order valence-electron chi connectivity index (χ2n) is 5.17. The molecule has 0 radical (unpaired) electrons. The first-order valence-corrected chi connectivity index (χ1v) is 6.79. The van der Waals surface area contributed by atoms with Crippen molar-refractivity contribution in [2.75, 3.05) is 0 Å². The summed E-state index contributed by atoms with van der Waals surface area (Å²) < 4.78 is 0. The van der Waals surface area contributed by atoms with Gasteiger partial charge >= 0.3 is 12.0 Å². The van der Waals surface area contributed by atoms with Gasteiger partial charge in [0, 0.05) is 12.1 Å². The average molecular weight is 256 g/mol. The summed E-state index contributed by atoms with van der Waals surface area (Å²) in [5.74, 6) is -0.956. The molecule has 2 N–H and O–H groups in total. The first-order valence-electron chi connectivity index (χ1n) is 6.79. The minimum absolute atomic E-state index is 0.185. The van der Waals surface area contributed by atoms with E-state index in [0.29, 0.717) is 6.42 Å². The minimum atomic E-state index is -0.956. The average Bonchev–Trinajstić information content (AvgIpc) is 2.28. The van der Waals surface area contributed by atoms with Crippen LogP contribution in [-0.4, -0.2) is 40.1 Å². The van der Waals surface area contributed by atoms with Gasteiger partial charge < -0.3 is 15.3 Å². The smallest absolute Gasteiger partial charge is 0.326 e. The fourth-order valence-electron chi connectivity index (χ4n) is 2.59. The molecule has 1 heterocycles. The van der Waals surface area contributed by atoms with Crippen LogP contribution in [-0.2, 0) is 4.79 Å². The molecule has 0 aromatic rings. The lowest BCUT2D eigenvalue weighted by Gasteiger charge is -2.39. The standard InChI is InChI=1S/C13H24N2O3/c1-4-6-11(12(16)17)14-13(18)15-9(2)7-5-8-10(15)3/h9-11H,4-8H2,1-3H3,(H,14,18)(H,16,17)/t9?,10?,11-/m0/s1. The zero-order valence-corrected chi connectivity index (χ0v) is 11.5. The molecule has 0 aliphatic carbocycles. The minimum Gasteiger partial charge on any atom is -0.480 e. The summed E-state index contributed by atoms with van der Waals surface area (Å²) in [5, 5.41) is 11.7. The number of amides is 2. The van der Waals surface area contributed by atoms with Gasteiger partial charge in [0.15, 0.2) is 0 Å². The third-order valence-corrected chi connectivity index (χ3v) is 3.60. The van der Waals surface area contributed by atoms with Crippen LogP contribution in [0.15, 0.2) is 0 Å². The summed E-state index contributed by atoms with van der Waals surface area (Å²) >= 11 is 0. The molecule has 5 nitrogen and oxygen atoms in total. The van der Waals surface area contributed by atoms with Gasteiger partial charge in [0.2, 0.25) is 0 Å². The molecule has 0 bridgehead atoms. The van der Waals surface area contributed by atoms with Gasteiger partial charge in [0.1, 0.15) is 6.04 Å². The zero-order valence-electron chi connectivity index (χ0n) is 11.5. The van der Waals surface area contributed by atoms with E-state index in [1.807, 2.05) is 20.8 Å². The normalized spacial score (nSPS) is 25.6. The molecule has 0 aromatic carbocycles. The van der Waals surface area contributed by atoms with E-state index in [9.17, 15) is 9.59 Å². The van der Waals surface area contributed by atoms with Gasteiger partial charge in [-0.25, -0.2) is 9.59 Å². The van der Waals surface area contributed by atoms with Crippen LogP contribution in [0, 0.1) is 0 Å². The van der Waals surface area contributed by atoms with Gasteiger partial charge in [-0.1, -0.05) is 13.3 Å². The summed E-state index contributed by atoms with van der Waals surface area (Å²) in [6, 6.07) is -0.644. The highest BCUT2D eigenvalue weighted by atomic mass is 16.4. The molecule has 1 aliphatic rings. The Labute approximate surface area is 109 Å². The number of nitrogens with zero attached hydrogens (tertiary/aromatic N) is 1. The van der Waals surface area contributed by atoms with Crippen molar-refractivity contribution in [3.8, 4) is 0 Å². The van der Waals surface area contributed by atoms with Gasteiger partial charge in [-0.3, -0.25) is 0 Å². The van der Waals surface area contributed by atoms with Crippen LogP contribution in [0.1, 0.15) is 52.9 Å². The summed E-state index contributed by atoms with van der Waals surface area (Å²) in [7, 11) is 0. The zero-order chi connectivity index (χ0) is 13.7. The predicted octanol–water partition coefficient (Wildman–Crippen LogP) is 2.21. The third kappa shape index (κ3) is 3.62. The summed E-state index contributed by atoms with van der Waals surface area (Å²) in [5.41, 5.74) is 0. The molecule has 1 rings (SSSR count). The first kappa shape index (κ1) is 14.8. The van der Waals surface area contributed by atoms with E-state index in [1.54, 1.807) is 4.90 Å². The molecule has 1 fully saturated rings. The van der Waals surface area contributed by atoms with Crippen molar-refractivity contribution in [1.29, 1.82) is 0 Å². The number of carboxylic acids is 1. The van der Waals surface area contributed by atoms with Crippen molar-refractivity contribution in [2.45, 2.75) is 71.0 Å². The number of carbonyl (C=O) groups excluding carboxylic acids is 1. The maximum absolute atomic E-state index is 12.2. The Kier molecular flexibility index (Phi) is 5.44. The molecule has 0 aromatic heterocycles. The molecule has 0 saturated carbocycles. The number of likely N-dealkylation sites (tertiary alicyclic amines) is 1. The Bertz CT molecular complexity index is 297. The molecule has 1 saturated heterocycles. The molecule has 2 unspecified atom stereocenters. The molecular weight excluding hydrogens is 232 g/mol. The van der Waals surface area contributed by atoms with Crippen LogP contribution >= 0.6 is 0 Å². The fraction of sp³-hybridized carbons (Fsp3) is 0.846. The number of rotatable bonds is 4. The van der Waals surface area contributed by atoms with E-state index in [4.69, 9.17) is 5.11 Å². The van der Waals surface area contributed by atoms with Gasteiger partial charge in [-0.2, -0.15) is 0 Å². The molecule has 5 heteroatoms. The van der Waals surface area contributed by atoms with Crippen LogP contribution < -0.4 is 5.32 Å². The van der Waals surface area contributed by atoms with Crippen molar-refractivity contribution >= 4 is 12.0 Å². The number of nitrogens with one attached hydrogen (secondary N) is 1. The first-order chi connectivity index (χ1) is 8.47. The summed E-state index contributed by atoms with van der Waals surface area (Å²) in [6.07, 6.45) is 4.32. The van der Waals surface area contributed by atoms with Crippen LogP contribution in [0.3, 0.4) is 0 Å². The van der Waals surface area contributed by atoms with Gasteiger partial charge in [-0.15, -0.1) is 0 Å². The topological polar surface area (TPSA) is 69.6 Å². The van der Waals surface area contributed by atoms with Gasteiger partial charge in [0.05, 0.1) is 0 Å². The molecule has 18 heavy (non-hydrogen) atoms. The largest absolute Gasteiger partial charge is 0.480 e. The van der Waals surface area contributed by atoms with Crippen LogP contribution in [0.25, 0.3) is 0 Å². The number of piperidine rings is 1. The third-order valence-electron chi connectivity index (χ3n) is 3.60. The molecule has 104 valence electrons. The SMILES string of the molecule is CCC[C@H](NC(=O)N1C(C)CCCC1C)C(=O)O. The maximum Gasteiger partial charge on any atom is 0.326 e. The number of aliphatic carboxylic acids is 1. The van der Waals surface area contributed by atoms with Gasteiger partial charge in [0.25, 0.3) is 0 Å². The predicted molar refractivity (Wildman–Crippen MR) is 69.5 cm³/mol. The highest BCUT2D eigenvalue weighted by molar-refractivity contribution is 5.82. The lowest BCUT2D eigenvalue weighted by molar-refractivity contribution is -0.139. The lowest BCUT2D eigenvalue weighted by atomic mass is 9.98. The molecule has 2 amide bonds.